The summed E-state index contributed by atoms with van der Waals surface area (Å²) in [5, 5.41) is 6.37. The standard InChI is InChI=1S/C14H21N3O/c1-10(18)16-14-6-4-5-13-12(14)7-11(8-15-13)9-17(2)3/h4-6,11,15H,7-9H2,1-3H3,(H,16,18). The van der Waals surface area contributed by atoms with Crippen LogP contribution in [-0.2, 0) is 11.2 Å². The van der Waals surface area contributed by atoms with Gasteiger partial charge in [-0.25, -0.2) is 0 Å². The molecule has 1 heterocycles. The number of amides is 1. The second-order valence-electron chi connectivity index (χ2n) is 5.23. The van der Waals surface area contributed by atoms with Crippen LogP contribution in [-0.4, -0.2) is 38.0 Å². The van der Waals surface area contributed by atoms with Gasteiger partial charge in [-0.2, -0.15) is 0 Å². The summed E-state index contributed by atoms with van der Waals surface area (Å²) in [6.07, 6.45) is 1.01. The molecule has 1 aromatic rings. The predicted octanol–water partition coefficient (Wildman–Crippen LogP) is 1.79. The molecular weight excluding hydrogens is 226 g/mol. The molecule has 2 N–H and O–H groups in total. The Hall–Kier alpha value is -1.55. The number of fused-ring (bicyclic) bond motifs is 1. The molecule has 98 valence electrons. The summed E-state index contributed by atoms with van der Waals surface area (Å²) in [4.78, 5) is 13.4. The van der Waals surface area contributed by atoms with E-state index in [0.29, 0.717) is 5.92 Å². The molecule has 0 spiro atoms. The van der Waals surface area contributed by atoms with Gasteiger partial charge >= 0.3 is 0 Å². The summed E-state index contributed by atoms with van der Waals surface area (Å²) in [5.41, 5.74) is 3.32. The minimum Gasteiger partial charge on any atom is -0.384 e. The number of hydrogen-bond acceptors (Lipinski definition) is 3. The average Bonchev–Trinajstić information content (AvgIpc) is 2.28. The number of nitrogens with zero attached hydrogens (tertiary/aromatic N) is 1. The van der Waals surface area contributed by atoms with Gasteiger partial charge < -0.3 is 15.5 Å². The van der Waals surface area contributed by atoms with E-state index < -0.39 is 0 Å². The highest BCUT2D eigenvalue weighted by atomic mass is 16.1. The van der Waals surface area contributed by atoms with Gasteiger partial charge in [-0.15, -0.1) is 0 Å². The van der Waals surface area contributed by atoms with Gasteiger partial charge in [0.25, 0.3) is 0 Å². The number of rotatable bonds is 3. The normalized spacial score (nSPS) is 18.1. The van der Waals surface area contributed by atoms with Crippen molar-refractivity contribution in [1.29, 1.82) is 0 Å². The molecule has 1 unspecified atom stereocenters. The smallest absolute Gasteiger partial charge is 0.221 e. The van der Waals surface area contributed by atoms with Crippen LogP contribution in [0.5, 0.6) is 0 Å². The zero-order valence-corrected chi connectivity index (χ0v) is 11.3. The molecule has 4 heteroatoms. The monoisotopic (exact) mass is 247 g/mol. The van der Waals surface area contributed by atoms with Crippen molar-refractivity contribution in [3.05, 3.63) is 23.8 Å². The van der Waals surface area contributed by atoms with Crippen molar-refractivity contribution >= 4 is 17.3 Å². The van der Waals surface area contributed by atoms with Gasteiger partial charge in [0.15, 0.2) is 0 Å². The Labute approximate surface area is 108 Å². The Balaban J connectivity index is 2.20. The molecule has 1 aliphatic rings. The summed E-state index contributed by atoms with van der Waals surface area (Å²) in [5.74, 6) is 0.570. The Morgan fingerprint density at radius 1 is 1.50 bits per heavy atom. The lowest BCUT2D eigenvalue weighted by Gasteiger charge is -2.29. The molecular formula is C14H21N3O. The maximum Gasteiger partial charge on any atom is 0.221 e. The molecule has 1 aliphatic heterocycles. The van der Waals surface area contributed by atoms with Crippen LogP contribution in [0.25, 0.3) is 0 Å². The van der Waals surface area contributed by atoms with E-state index in [9.17, 15) is 4.79 Å². The molecule has 0 saturated heterocycles. The average molecular weight is 247 g/mol. The first-order valence-electron chi connectivity index (χ1n) is 6.34. The number of benzene rings is 1. The van der Waals surface area contributed by atoms with Crippen molar-refractivity contribution in [1.82, 2.24) is 4.90 Å². The van der Waals surface area contributed by atoms with E-state index in [-0.39, 0.29) is 5.91 Å². The number of nitrogens with one attached hydrogen (secondary N) is 2. The van der Waals surface area contributed by atoms with Gasteiger partial charge in [-0.3, -0.25) is 4.79 Å². The van der Waals surface area contributed by atoms with Crippen LogP contribution in [0.15, 0.2) is 18.2 Å². The van der Waals surface area contributed by atoms with Crippen LogP contribution in [0.4, 0.5) is 11.4 Å². The molecule has 4 nitrogen and oxygen atoms in total. The van der Waals surface area contributed by atoms with E-state index in [4.69, 9.17) is 0 Å². The largest absolute Gasteiger partial charge is 0.384 e. The molecule has 0 aliphatic carbocycles. The van der Waals surface area contributed by atoms with Crippen LogP contribution in [0.2, 0.25) is 0 Å². The van der Waals surface area contributed by atoms with Crippen LogP contribution in [0.3, 0.4) is 0 Å². The van der Waals surface area contributed by atoms with Gasteiger partial charge in [-0.1, -0.05) is 6.07 Å². The predicted molar refractivity (Wildman–Crippen MR) is 75.0 cm³/mol. The van der Waals surface area contributed by atoms with Crippen molar-refractivity contribution in [2.75, 3.05) is 37.8 Å². The highest BCUT2D eigenvalue weighted by molar-refractivity contribution is 5.90. The van der Waals surface area contributed by atoms with E-state index in [1.54, 1.807) is 6.92 Å². The molecule has 1 amide bonds. The van der Waals surface area contributed by atoms with Crippen molar-refractivity contribution in [3.63, 3.8) is 0 Å². The molecule has 18 heavy (non-hydrogen) atoms. The molecule has 0 bridgehead atoms. The lowest BCUT2D eigenvalue weighted by atomic mass is 9.92. The zero-order chi connectivity index (χ0) is 13.1. The van der Waals surface area contributed by atoms with E-state index in [1.165, 1.54) is 5.56 Å². The number of carbonyl (C=O) groups is 1. The molecule has 0 saturated carbocycles. The Morgan fingerprint density at radius 2 is 2.28 bits per heavy atom. The van der Waals surface area contributed by atoms with Gasteiger partial charge in [0, 0.05) is 31.4 Å². The summed E-state index contributed by atoms with van der Waals surface area (Å²) in [7, 11) is 4.19. The lowest BCUT2D eigenvalue weighted by molar-refractivity contribution is -0.114. The Morgan fingerprint density at radius 3 is 2.94 bits per heavy atom. The number of carbonyl (C=O) groups excluding carboxylic acids is 1. The second-order valence-corrected chi connectivity index (χ2v) is 5.23. The van der Waals surface area contributed by atoms with E-state index in [0.717, 1.165) is 30.9 Å². The first kappa shape index (κ1) is 12.9. The van der Waals surface area contributed by atoms with Crippen molar-refractivity contribution in [3.8, 4) is 0 Å². The quantitative estimate of drug-likeness (QED) is 0.856. The molecule has 1 aromatic carbocycles. The fraction of sp³-hybridized carbons (Fsp3) is 0.500. The molecule has 0 fully saturated rings. The first-order chi connectivity index (χ1) is 8.56. The SMILES string of the molecule is CC(=O)Nc1cccc2c1CC(CN(C)C)CN2. The third-order valence-electron chi connectivity index (χ3n) is 3.18. The first-order valence-corrected chi connectivity index (χ1v) is 6.34. The maximum absolute atomic E-state index is 11.2. The maximum atomic E-state index is 11.2. The highest BCUT2D eigenvalue weighted by Crippen LogP contribution is 2.31. The van der Waals surface area contributed by atoms with E-state index in [2.05, 4.69) is 35.7 Å². The minimum atomic E-state index is -0.0156. The van der Waals surface area contributed by atoms with Crippen LogP contribution in [0.1, 0.15) is 12.5 Å². The Kier molecular flexibility index (Phi) is 3.87. The Bertz CT molecular complexity index is 443. The minimum absolute atomic E-state index is 0.0156. The second kappa shape index (κ2) is 5.40. The zero-order valence-electron chi connectivity index (χ0n) is 11.3. The van der Waals surface area contributed by atoms with Gasteiger partial charge in [0.05, 0.1) is 0 Å². The molecule has 0 radical (unpaired) electrons. The molecule has 2 rings (SSSR count). The molecule has 1 atom stereocenters. The van der Waals surface area contributed by atoms with Crippen molar-refractivity contribution in [2.24, 2.45) is 5.92 Å². The third kappa shape index (κ3) is 3.01. The van der Waals surface area contributed by atoms with Gasteiger partial charge in [-0.05, 0) is 44.1 Å². The summed E-state index contributed by atoms with van der Waals surface area (Å²) >= 11 is 0. The van der Waals surface area contributed by atoms with Crippen LogP contribution < -0.4 is 10.6 Å². The van der Waals surface area contributed by atoms with Crippen LogP contribution >= 0.6 is 0 Å². The summed E-state index contributed by atoms with van der Waals surface area (Å²) in [6.45, 7) is 3.60. The summed E-state index contributed by atoms with van der Waals surface area (Å²) < 4.78 is 0. The van der Waals surface area contributed by atoms with Crippen LogP contribution in [0, 0.1) is 5.92 Å². The topological polar surface area (TPSA) is 44.4 Å². The fourth-order valence-electron chi connectivity index (χ4n) is 2.54. The van der Waals surface area contributed by atoms with Gasteiger partial charge in [0.1, 0.15) is 0 Å². The lowest BCUT2D eigenvalue weighted by Crippen LogP contribution is -2.32. The van der Waals surface area contributed by atoms with Gasteiger partial charge in [0.2, 0.25) is 5.91 Å². The number of anilines is 2. The highest BCUT2D eigenvalue weighted by Gasteiger charge is 2.21. The number of hydrogen-bond donors (Lipinski definition) is 2. The summed E-state index contributed by atoms with van der Waals surface area (Å²) in [6, 6.07) is 6.02. The van der Waals surface area contributed by atoms with Crippen molar-refractivity contribution in [2.45, 2.75) is 13.3 Å². The third-order valence-corrected chi connectivity index (χ3v) is 3.18. The van der Waals surface area contributed by atoms with Crippen molar-refractivity contribution < 1.29 is 4.79 Å². The van der Waals surface area contributed by atoms with E-state index in [1.807, 2.05) is 12.1 Å². The van der Waals surface area contributed by atoms with E-state index >= 15 is 0 Å². The molecule has 0 aromatic heterocycles. The fourth-order valence-corrected chi connectivity index (χ4v) is 2.54.